The summed E-state index contributed by atoms with van der Waals surface area (Å²) in [6.45, 7) is 1.05. The molecule has 2 N–H and O–H groups in total. The number of hydrogen-bond acceptors (Lipinski definition) is 5. The lowest BCUT2D eigenvalue weighted by Gasteiger charge is -2.09. The maximum atomic E-state index is 12.2. The Hall–Kier alpha value is -3.08. The van der Waals surface area contributed by atoms with Crippen molar-refractivity contribution in [3.63, 3.8) is 0 Å². The molecule has 2 heterocycles. The normalized spacial score (nSPS) is 16.6. The van der Waals surface area contributed by atoms with Crippen LogP contribution in [0.4, 0.5) is 0 Å². The standard InChI is InChI=1S/C20H17ClN2O5/c21-17-9-12(3-5-16(17)20(25)26)18-6-4-14(28-18)8-13(10-22)19(24)23-11-15-2-1-7-27-15/h3-6,8-9,15H,1-2,7,11H2,(H,23,24)(H,25,26). The molecule has 1 atom stereocenters. The largest absolute Gasteiger partial charge is 0.478 e. The van der Waals surface area contributed by atoms with E-state index in [1.807, 2.05) is 6.07 Å². The summed E-state index contributed by atoms with van der Waals surface area (Å²) < 4.78 is 11.1. The lowest BCUT2D eigenvalue weighted by atomic mass is 10.1. The Morgan fingerprint density at radius 3 is 2.82 bits per heavy atom. The summed E-state index contributed by atoms with van der Waals surface area (Å²) in [4.78, 5) is 23.2. The first-order chi connectivity index (χ1) is 13.5. The van der Waals surface area contributed by atoms with Crippen LogP contribution in [0.15, 0.2) is 40.3 Å². The van der Waals surface area contributed by atoms with Crippen LogP contribution >= 0.6 is 11.6 Å². The number of carboxylic acid groups (broad SMARTS) is 1. The average Bonchev–Trinajstić information content (AvgIpc) is 3.35. The third kappa shape index (κ3) is 4.60. The quantitative estimate of drug-likeness (QED) is 0.566. The van der Waals surface area contributed by atoms with Crippen LogP contribution in [-0.4, -0.2) is 36.2 Å². The Morgan fingerprint density at radius 1 is 1.36 bits per heavy atom. The molecule has 3 rings (SSSR count). The summed E-state index contributed by atoms with van der Waals surface area (Å²) in [6, 6.07) is 9.57. The van der Waals surface area contributed by atoms with E-state index >= 15 is 0 Å². The third-order valence-corrected chi connectivity index (χ3v) is 4.59. The number of carbonyl (C=O) groups excluding carboxylic acids is 1. The van der Waals surface area contributed by atoms with Gasteiger partial charge in [0.1, 0.15) is 23.2 Å². The van der Waals surface area contributed by atoms with E-state index in [2.05, 4.69) is 5.32 Å². The van der Waals surface area contributed by atoms with Crippen molar-refractivity contribution < 1.29 is 23.8 Å². The maximum absolute atomic E-state index is 12.2. The highest BCUT2D eigenvalue weighted by atomic mass is 35.5. The molecule has 0 bridgehead atoms. The number of nitriles is 1. The molecule has 1 amide bonds. The zero-order valence-corrected chi connectivity index (χ0v) is 15.5. The smallest absolute Gasteiger partial charge is 0.337 e. The monoisotopic (exact) mass is 400 g/mol. The first-order valence-electron chi connectivity index (χ1n) is 8.62. The number of carboxylic acids is 1. The number of nitrogens with one attached hydrogen (secondary N) is 1. The highest BCUT2D eigenvalue weighted by Crippen LogP contribution is 2.28. The second-order valence-electron chi connectivity index (χ2n) is 6.22. The fourth-order valence-electron chi connectivity index (χ4n) is 2.83. The summed E-state index contributed by atoms with van der Waals surface area (Å²) in [5, 5.41) is 21.1. The van der Waals surface area contributed by atoms with Crippen molar-refractivity contribution >= 4 is 29.6 Å². The lowest BCUT2D eigenvalue weighted by molar-refractivity contribution is -0.117. The number of aromatic carboxylic acids is 1. The molecule has 2 aromatic rings. The Balaban J connectivity index is 1.72. The van der Waals surface area contributed by atoms with Crippen LogP contribution in [0, 0.1) is 11.3 Å². The number of ether oxygens (including phenoxy) is 1. The van der Waals surface area contributed by atoms with Gasteiger partial charge in [-0.15, -0.1) is 0 Å². The Kier molecular flexibility index (Phi) is 6.14. The van der Waals surface area contributed by atoms with Gasteiger partial charge in [0.05, 0.1) is 16.7 Å². The minimum absolute atomic E-state index is 0.00762. The number of benzene rings is 1. The Labute approximate surface area is 166 Å². The molecule has 0 radical (unpaired) electrons. The molecular formula is C20H17ClN2O5. The number of nitrogens with zero attached hydrogens (tertiary/aromatic N) is 1. The number of rotatable bonds is 6. The highest BCUT2D eigenvalue weighted by molar-refractivity contribution is 6.33. The molecule has 1 aromatic carbocycles. The molecule has 144 valence electrons. The average molecular weight is 401 g/mol. The van der Waals surface area contributed by atoms with Crippen LogP contribution in [0.1, 0.15) is 29.0 Å². The zero-order chi connectivity index (χ0) is 20.1. The van der Waals surface area contributed by atoms with Gasteiger partial charge in [-0.1, -0.05) is 17.7 Å². The Morgan fingerprint density at radius 2 is 2.18 bits per heavy atom. The second kappa shape index (κ2) is 8.74. The summed E-state index contributed by atoms with van der Waals surface area (Å²) in [6.07, 6.45) is 3.18. The first-order valence-corrected chi connectivity index (χ1v) is 9.00. The molecule has 28 heavy (non-hydrogen) atoms. The summed E-state index contributed by atoms with van der Waals surface area (Å²) >= 11 is 5.98. The Bertz CT molecular complexity index is 967. The van der Waals surface area contributed by atoms with Gasteiger partial charge in [0.2, 0.25) is 0 Å². The summed E-state index contributed by atoms with van der Waals surface area (Å²) in [5.41, 5.74) is 0.487. The lowest BCUT2D eigenvalue weighted by Crippen LogP contribution is -2.32. The van der Waals surface area contributed by atoms with Crippen molar-refractivity contribution in [1.82, 2.24) is 5.32 Å². The number of amides is 1. The van der Waals surface area contributed by atoms with Gasteiger partial charge in [0.25, 0.3) is 5.91 Å². The predicted molar refractivity (Wildman–Crippen MR) is 102 cm³/mol. The van der Waals surface area contributed by atoms with Gasteiger partial charge < -0.3 is 19.6 Å². The molecule has 1 unspecified atom stereocenters. The third-order valence-electron chi connectivity index (χ3n) is 4.28. The van der Waals surface area contributed by atoms with Crippen molar-refractivity contribution in [3.8, 4) is 17.4 Å². The molecule has 8 heteroatoms. The number of carbonyl (C=O) groups is 2. The SMILES string of the molecule is N#CC(=Cc1ccc(-c2ccc(C(=O)O)c(Cl)c2)o1)C(=O)NCC1CCCO1. The predicted octanol–water partition coefficient (Wildman–Crippen LogP) is 3.50. The van der Waals surface area contributed by atoms with Gasteiger partial charge in [0, 0.05) is 24.8 Å². The van der Waals surface area contributed by atoms with Crippen LogP contribution in [0.5, 0.6) is 0 Å². The molecule has 1 aliphatic heterocycles. The van der Waals surface area contributed by atoms with Crippen molar-refractivity contribution in [2.45, 2.75) is 18.9 Å². The van der Waals surface area contributed by atoms with E-state index in [9.17, 15) is 14.9 Å². The van der Waals surface area contributed by atoms with E-state index < -0.39 is 11.9 Å². The molecule has 0 aliphatic carbocycles. The molecule has 7 nitrogen and oxygen atoms in total. The molecule has 0 saturated carbocycles. The van der Waals surface area contributed by atoms with E-state index in [-0.39, 0.29) is 22.3 Å². The van der Waals surface area contributed by atoms with Crippen LogP contribution < -0.4 is 5.32 Å². The van der Waals surface area contributed by atoms with Gasteiger partial charge in [-0.2, -0.15) is 5.26 Å². The number of furan rings is 1. The van der Waals surface area contributed by atoms with E-state index in [1.54, 1.807) is 18.2 Å². The molecule has 0 spiro atoms. The molecule has 1 aliphatic rings. The van der Waals surface area contributed by atoms with Gasteiger partial charge in [-0.3, -0.25) is 4.79 Å². The maximum Gasteiger partial charge on any atom is 0.337 e. The second-order valence-corrected chi connectivity index (χ2v) is 6.62. The number of hydrogen-bond donors (Lipinski definition) is 2. The van der Waals surface area contributed by atoms with E-state index in [0.717, 1.165) is 12.8 Å². The fourth-order valence-corrected chi connectivity index (χ4v) is 3.09. The van der Waals surface area contributed by atoms with Crippen molar-refractivity contribution in [2.24, 2.45) is 0 Å². The van der Waals surface area contributed by atoms with Crippen LogP contribution in [0.3, 0.4) is 0 Å². The minimum Gasteiger partial charge on any atom is -0.478 e. The molecule has 1 fully saturated rings. The zero-order valence-electron chi connectivity index (χ0n) is 14.8. The van der Waals surface area contributed by atoms with Gasteiger partial charge in [-0.25, -0.2) is 4.79 Å². The van der Waals surface area contributed by atoms with E-state index in [1.165, 1.54) is 18.2 Å². The van der Waals surface area contributed by atoms with Crippen LogP contribution in [0.25, 0.3) is 17.4 Å². The van der Waals surface area contributed by atoms with Gasteiger partial charge >= 0.3 is 5.97 Å². The summed E-state index contributed by atoms with van der Waals surface area (Å²) in [5.74, 6) is -0.864. The highest BCUT2D eigenvalue weighted by Gasteiger charge is 2.18. The van der Waals surface area contributed by atoms with Crippen molar-refractivity contribution in [2.75, 3.05) is 13.2 Å². The van der Waals surface area contributed by atoms with Crippen molar-refractivity contribution in [1.29, 1.82) is 5.26 Å². The first kappa shape index (κ1) is 19.7. The molecular weight excluding hydrogens is 384 g/mol. The van der Waals surface area contributed by atoms with Crippen LogP contribution in [0.2, 0.25) is 5.02 Å². The summed E-state index contributed by atoms with van der Waals surface area (Å²) in [7, 11) is 0. The van der Waals surface area contributed by atoms with Gasteiger partial charge in [-0.05, 0) is 37.1 Å². The van der Waals surface area contributed by atoms with E-state index in [0.29, 0.717) is 30.2 Å². The van der Waals surface area contributed by atoms with Gasteiger partial charge in [0.15, 0.2) is 0 Å². The van der Waals surface area contributed by atoms with Crippen LogP contribution in [-0.2, 0) is 9.53 Å². The molecule has 1 saturated heterocycles. The number of halogens is 1. The fraction of sp³-hybridized carbons (Fsp3) is 0.250. The van der Waals surface area contributed by atoms with Crippen molar-refractivity contribution in [3.05, 3.63) is 52.3 Å². The molecule has 1 aromatic heterocycles. The topological polar surface area (TPSA) is 113 Å². The van der Waals surface area contributed by atoms with E-state index in [4.69, 9.17) is 25.9 Å². The minimum atomic E-state index is -1.12.